The van der Waals surface area contributed by atoms with Crippen molar-refractivity contribution >= 4 is 28.9 Å². The van der Waals surface area contributed by atoms with Gasteiger partial charge >= 0.3 is 6.03 Å². The number of anilines is 3. The Balaban J connectivity index is 1.68. The van der Waals surface area contributed by atoms with Gasteiger partial charge in [0.25, 0.3) is 0 Å². The number of benzene rings is 2. The second kappa shape index (κ2) is 8.20. The molecule has 0 radical (unpaired) electrons. The summed E-state index contributed by atoms with van der Waals surface area (Å²) in [4.78, 5) is 29.2. The lowest BCUT2D eigenvalue weighted by atomic mass is 9.74. The summed E-state index contributed by atoms with van der Waals surface area (Å²) in [6, 6.07) is 16.2. The normalized spacial score (nSPS) is 19.1. The van der Waals surface area contributed by atoms with E-state index in [1.54, 1.807) is 17.2 Å². The van der Waals surface area contributed by atoms with Crippen LogP contribution in [-0.4, -0.2) is 11.8 Å². The van der Waals surface area contributed by atoms with Gasteiger partial charge in [-0.2, -0.15) is 0 Å². The first kappa shape index (κ1) is 22.0. The van der Waals surface area contributed by atoms with Crippen LogP contribution in [0.2, 0.25) is 0 Å². The van der Waals surface area contributed by atoms with Gasteiger partial charge in [-0.1, -0.05) is 43.7 Å². The van der Waals surface area contributed by atoms with Crippen molar-refractivity contribution in [2.45, 2.75) is 46.6 Å². The summed E-state index contributed by atoms with van der Waals surface area (Å²) in [5.74, 6) is 0.576. The van der Waals surface area contributed by atoms with Gasteiger partial charge in [-0.3, -0.25) is 9.69 Å². The number of rotatable bonds is 2. The maximum atomic E-state index is 13.9. The lowest BCUT2D eigenvalue weighted by Crippen LogP contribution is -2.41. The van der Waals surface area contributed by atoms with Crippen molar-refractivity contribution in [1.82, 2.24) is 0 Å². The van der Waals surface area contributed by atoms with Crippen LogP contribution >= 0.6 is 0 Å². The van der Waals surface area contributed by atoms with Gasteiger partial charge in [0, 0.05) is 23.4 Å². The Hall–Kier alpha value is -3.80. The summed E-state index contributed by atoms with van der Waals surface area (Å²) < 4.78 is 5.83. The molecule has 1 aliphatic heterocycles. The van der Waals surface area contributed by atoms with Crippen molar-refractivity contribution in [3.05, 3.63) is 89.0 Å². The molecule has 0 bridgehead atoms. The predicted octanol–water partition coefficient (Wildman–Crippen LogP) is 6.74. The highest BCUT2D eigenvalue weighted by Gasteiger charge is 2.44. The fraction of sp³-hybridized carbons (Fsp3) is 0.286. The molecule has 6 nitrogen and oxygen atoms in total. The van der Waals surface area contributed by atoms with Gasteiger partial charge in [0.2, 0.25) is 0 Å². The molecule has 174 valence electrons. The van der Waals surface area contributed by atoms with Crippen LogP contribution in [0.5, 0.6) is 0 Å². The maximum absolute atomic E-state index is 13.9. The van der Waals surface area contributed by atoms with Crippen molar-refractivity contribution in [2.24, 2.45) is 5.41 Å². The van der Waals surface area contributed by atoms with Crippen LogP contribution in [0.15, 0.2) is 76.5 Å². The molecule has 0 saturated carbocycles. The lowest BCUT2D eigenvalue weighted by Gasteiger charge is -2.36. The number of allylic oxidation sites excluding steroid dienone is 1. The standard InChI is InChI=1S/C28H29N3O3/c1-17-11-12-19(18(2)14-17)30-27(33)31-22-9-6-5-8-20(22)29-21-15-28(3,4)16-23(32)25(21)26(31)24-10-7-13-34-24/h5-14,26,29H,15-16H2,1-4H3,(H,30,33)/t26-/m1/s1. The van der Waals surface area contributed by atoms with Crippen molar-refractivity contribution < 1.29 is 14.0 Å². The van der Waals surface area contributed by atoms with E-state index < -0.39 is 6.04 Å². The topological polar surface area (TPSA) is 74.6 Å². The minimum atomic E-state index is -0.685. The lowest BCUT2D eigenvalue weighted by molar-refractivity contribution is -0.118. The van der Waals surface area contributed by atoms with Gasteiger partial charge < -0.3 is 15.1 Å². The molecule has 3 aromatic rings. The van der Waals surface area contributed by atoms with Crippen LogP contribution in [0.3, 0.4) is 0 Å². The van der Waals surface area contributed by atoms with Crippen LogP contribution in [-0.2, 0) is 4.79 Å². The molecule has 2 heterocycles. The van der Waals surface area contributed by atoms with E-state index in [4.69, 9.17) is 4.42 Å². The average molecular weight is 456 g/mol. The minimum absolute atomic E-state index is 0.0253. The molecule has 1 atom stereocenters. The molecule has 2 aliphatic rings. The van der Waals surface area contributed by atoms with E-state index in [9.17, 15) is 9.59 Å². The Morgan fingerprint density at radius 3 is 2.62 bits per heavy atom. The number of hydrogen-bond acceptors (Lipinski definition) is 4. The number of fused-ring (bicyclic) bond motifs is 1. The van der Waals surface area contributed by atoms with Gasteiger partial charge in [-0.15, -0.1) is 0 Å². The third kappa shape index (κ3) is 3.89. The van der Waals surface area contributed by atoms with Gasteiger partial charge in [0.1, 0.15) is 11.8 Å². The largest absolute Gasteiger partial charge is 0.467 e. The molecule has 0 fully saturated rings. The summed E-state index contributed by atoms with van der Waals surface area (Å²) >= 11 is 0. The molecule has 34 heavy (non-hydrogen) atoms. The average Bonchev–Trinajstić information content (AvgIpc) is 3.24. The quantitative estimate of drug-likeness (QED) is 0.448. The first-order chi connectivity index (χ1) is 16.2. The van der Waals surface area contributed by atoms with Gasteiger partial charge in [-0.25, -0.2) is 4.79 Å². The Morgan fingerprint density at radius 1 is 1.09 bits per heavy atom. The summed E-state index contributed by atoms with van der Waals surface area (Å²) in [5, 5.41) is 6.58. The Labute approximate surface area is 199 Å². The Bertz CT molecular complexity index is 1300. The van der Waals surface area contributed by atoms with Crippen LogP contribution in [0, 0.1) is 19.3 Å². The van der Waals surface area contributed by atoms with Crippen LogP contribution in [0.1, 0.15) is 49.6 Å². The highest BCUT2D eigenvalue weighted by atomic mass is 16.3. The van der Waals surface area contributed by atoms with E-state index in [0.717, 1.165) is 28.2 Å². The fourth-order valence-electron chi connectivity index (χ4n) is 5.06. The van der Waals surface area contributed by atoms with Gasteiger partial charge in [0.15, 0.2) is 5.78 Å². The van der Waals surface area contributed by atoms with Gasteiger partial charge in [-0.05, 0) is 61.6 Å². The fourth-order valence-corrected chi connectivity index (χ4v) is 5.06. The number of carbonyl (C=O) groups excluding carboxylic acids is 2. The summed E-state index contributed by atoms with van der Waals surface area (Å²) in [6.45, 7) is 8.18. The zero-order valence-electron chi connectivity index (χ0n) is 19.9. The smallest absolute Gasteiger partial charge is 0.327 e. The van der Waals surface area contributed by atoms with Crippen molar-refractivity contribution in [2.75, 3.05) is 15.5 Å². The number of nitrogens with one attached hydrogen (secondary N) is 2. The molecule has 2 N–H and O–H groups in total. The molecule has 2 amide bonds. The number of Topliss-reactive ketones (excluding diaryl/α,β-unsaturated/α-hetero) is 1. The highest BCUT2D eigenvalue weighted by molar-refractivity contribution is 6.09. The molecular formula is C28H29N3O3. The number of hydrogen-bond donors (Lipinski definition) is 2. The first-order valence-corrected chi connectivity index (χ1v) is 11.6. The van der Waals surface area contributed by atoms with E-state index in [2.05, 4.69) is 24.5 Å². The molecule has 0 spiro atoms. The van der Waals surface area contributed by atoms with Crippen molar-refractivity contribution in [1.29, 1.82) is 0 Å². The molecule has 2 aromatic carbocycles. The van der Waals surface area contributed by atoms with Crippen LogP contribution in [0.4, 0.5) is 21.9 Å². The molecule has 0 saturated heterocycles. The Kier molecular flexibility index (Phi) is 5.31. The minimum Gasteiger partial charge on any atom is -0.467 e. The Morgan fingerprint density at radius 2 is 1.88 bits per heavy atom. The summed E-state index contributed by atoms with van der Waals surface area (Å²) in [5.41, 5.74) is 5.55. The zero-order chi connectivity index (χ0) is 24.0. The molecule has 1 aromatic heterocycles. The van der Waals surface area contributed by atoms with E-state index in [1.165, 1.54) is 0 Å². The SMILES string of the molecule is Cc1ccc(NC(=O)N2c3ccccc3NC3=C(C(=O)CC(C)(C)C3)[C@H]2c2ccco2)c(C)c1. The molecule has 0 unspecified atom stereocenters. The van der Waals surface area contributed by atoms with Crippen LogP contribution < -0.4 is 15.5 Å². The molecule has 5 rings (SSSR count). The summed E-state index contributed by atoms with van der Waals surface area (Å²) in [7, 11) is 0. The number of amides is 2. The molecular weight excluding hydrogens is 426 g/mol. The number of furan rings is 1. The first-order valence-electron chi connectivity index (χ1n) is 11.6. The third-order valence-corrected chi connectivity index (χ3v) is 6.56. The highest BCUT2D eigenvalue weighted by Crippen LogP contribution is 2.48. The monoisotopic (exact) mass is 455 g/mol. The number of aryl methyl sites for hydroxylation is 2. The number of nitrogens with zero attached hydrogens (tertiary/aromatic N) is 1. The third-order valence-electron chi connectivity index (χ3n) is 6.56. The van der Waals surface area contributed by atoms with Gasteiger partial charge in [0.05, 0.1) is 17.6 Å². The van der Waals surface area contributed by atoms with E-state index >= 15 is 0 Å². The second-order valence-corrected chi connectivity index (χ2v) is 10.0. The molecule has 1 aliphatic carbocycles. The molecule has 6 heteroatoms. The summed E-state index contributed by atoms with van der Waals surface area (Å²) in [6.07, 6.45) is 2.69. The maximum Gasteiger partial charge on any atom is 0.327 e. The predicted molar refractivity (Wildman–Crippen MR) is 134 cm³/mol. The van der Waals surface area contributed by atoms with E-state index in [1.807, 2.05) is 62.4 Å². The number of urea groups is 1. The number of ketones is 1. The zero-order valence-corrected chi connectivity index (χ0v) is 19.9. The number of para-hydroxylation sites is 2. The van der Waals surface area contributed by atoms with Crippen molar-refractivity contribution in [3.63, 3.8) is 0 Å². The second-order valence-electron chi connectivity index (χ2n) is 10.0. The van der Waals surface area contributed by atoms with Crippen molar-refractivity contribution in [3.8, 4) is 0 Å². The van der Waals surface area contributed by atoms with Crippen LogP contribution in [0.25, 0.3) is 0 Å². The number of carbonyl (C=O) groups is 2. The van der Waals surface area contributed by atoms with E-state index in [0.29, 0.717) is 29.9 Å². The van der Waals surface area contributed by atoms with E-state index in [-0.39, 0.29) is 17.2 Å².